The minimum Gasteiger partial charge on any atom is -0.379 e. The highest BCUT2D eigenvalue weighted by molar-refractivity contribution is 5.24. The minimum atomic E-state index is 0.265. The second-order valence-electron chi connectivity index (χ2n) is 5.46. The van der Waals surface area contributed by atoms with Gasteiger partial charge in [0.25, 0.3) is 0 Å². The summed E-state index contributed by atoms with van der Waals surface area (Å²) in [5, 5.41) is 3.55. The van der Waals surface area contributed by atoms with Gasteiger partial charge in [-0.15, -0.1) is 0 Å². The first-order valence-electron chi connectivity index (χ1n) is 8.23. The van der Waals surface area contributed by atoms with Gasteiger partial charge in [0.2, 0.25) is 0 Å². The fourth-order valence-corrected chi connectivity index (χ4v) is 2.06. The van der Waals surface area contributed by atoms with E-state index in [4.69, 9.17) is 9.47 Å². The molecule has 1 atom stereocenters. The molecule has 0 heterocycles. The Bertz CT molecular complexity index is 351. The first-order valence-corrected chi connectivity index (χ1v) is 8.23. The summed E-state index contributed by atoms with van der Waals surface area (Å²) in [6.45, 7) is 10.4. The second-order valence-corrected chi connectivity index (χ2v) is 5.46. The molecular formula is C18H31NO2. The number of hydrogen-bond donors (Lipinski definition) is 1. The lowest BCUT2D eigenvalue weighted by Gasteiger charge is -2.19. The van der Waals surface area contributed by atoms with Gasteiger partial charge in [0.1, 0.15) is 0 Å². The fourth-order valence-electron chi connectivity index (χ4n) is 2.06. The molecule has 0 fully saturated rings. The van der Waals surface area contributed by atoms with E-state index in [2.05, 4.69) is 50.4 Å². The number of nitrogens with one attached hydrogen (secondary N) is 1. The van der Waals surface area contributed by atoms with E-state index in [0.717, 1.165) is 26.0 Å². The molecule has 1 aromatic rings. The van der Waals surface area contributed by atoms with Gasteiger partial charge < -0.3 is 14.8 Å². The standard InChI is InChI=1S/C18H31NO2/c1-4-6-12-20-13-14-21-15-18(19-11-5-2)17-9-7-16(3)8-10-17/h7-10,18-19H,4-6,11-15H2,1-3H3. The van der Waals surface area contributed by atoms with E-state index in [0.29, 0.717) is 19.8 Å². The van der Waals surface area contributed by atoms with Crippen molar-refractivity contribution in [3.05, 3.63) is 35.4 Å². The summed E-state index contributed by atoms with van der Waals surface area (Å²) in [5.41, 5.74) is 2.58. The normalized spacial score (nSPS) is 12.5. The molecule has 0 spiro atoms. The zero-order chi connectivity index (χ0) is 15.3. The van der Waals surface area contributed by atoms with Crippen LogP contribution in [-0.2, 0) is 9.47 Å². The Kier molecular flexibility index (Phi) is 10.1. The Labute approximate surface area is 130 Å². The van der Waals surface area contributed by atoms with Gasteiger partial charge >= 0.3 is 0 Å². The number of rotatable bonds is 12. The summed E-state index contributed by atoms with van der Waals surface area (Å²) in [7, 11) is 0. The summed E-state index contributed by atoms with van der Waals surface area (Å²) in [4.78, 5) is 0. The van der Waals surface area contributed by atoms with Crippen LogP contribution >= 0.6 is 0 Å². The number of ether oxygens (including phenoxy) is 2. The molecule has 0 saturated heterocycles. The van der Waals surface area contributed by atoms with Crippen LogP contribution in [-0.4, -0.2) is 33.0 Å². The third kappa shape index (κ3) is 8.20. The zero-order valence-corrected chi connectivity index (χ0v) is 13.9. The average Bonchev–Trinajstić information content (AvgIpc) is 2.50. The largest absolute Gasteiger partial charge is 0.379 e. The summed E-state index contributed by atoms with van der Waals surface area (Å²) >= 11 is 0. The highest BCUT2D eigenvalue weighted by atomic mass is 16.5. The molecule has 3 heteroatoms. The van der Waals surface area contributed by atoms with Crippen molar-refractivity contribution < 1.29 is 9.47 Å². The lowest BCUT2D eigenvalue weighted by molar-refractivity contribution is 0.0380. The van der Waals surface area contributed by atoms with Crippen molar-refractivity contribution >= 4 is 0 Å². The number of unbranched alkanes of at least 4 members (excludes halogenated alkanes) is 1. The lowest BCUT2D eigenvalue weighted by Crippen LogP contribution is -2.27. The Morgan fingerprint density at radius 1 is 0.952 bits per heavy atom. The molecule has 120 valence electrons. The van der Waals surface area contributed by atoms with Crippen LogP contribution < -0.4 is 5.32 Å². The summed E-state index contributed by atoms with van der Waals surface area (Å²) in [6.07, 6.45) is 3.43. The monoisotopic (exact) mass is 293 g/mol. The predicted molar refractivity (Wildman–Crippen MR) is 88.8 cm³/mol. The molecule has 1 aromatic carbocycles. The molecule has 1 N–H and O–H groups in total. The molecule has 0 bridgehead atoms. The van der Waals surface area contributed by atoms with Crippen molar-refractivity contribution in [3.63, 3.8) is 0 Å². The minimum absolute atomic E-state index is 0.265. The Morgan fingerprint density at radius 3 is 2.33 bits per heavy atom. The number of hydrogen-bond acceptors (Lipinski definition) is 3. The Balaban J connectivity index is 2.31. The molecule has 21 heavy (non-hydrogen) atoms. The maximum Gasteiger partial charge on any atom is 0.0701 e. The Morgan fingerprint density at radius 2 is 1.67 bits per heavy atom. The van der Waals surface area contributed by atoms with Gasteiger partial charge in [-0.2, -0.15) is 0 Å². The molecule has 0 aliphatic heterocycles. The van der Waals surface area contributed by atoms with Crippen molar-refractivity contribution in [1.82, 2.24) is 5.32 Å². The molecule has 0 aliphatic carbocycles. The average molecular weight is 293 g/mol. The van der Waals surface area contributed by atoms with Gasteiger partial charge in [0, 0.05) is 6.61 Å². The third-order valence-electron chi connectivity index (χ3n) is 3.42. The van der Waals surface area contributed by atoms with Gasteiger partial charge in [-0.05, 0) is 31.9 Å². The van der Waals surface area contributed by atoms with Crippen molar-refractivity contribution in [1.29, 1.82) is 0 Å². The zero-order valence-electron chi connectivity index (χ0n) is 13.9. The van der Waals surface area contributed by atoms with Crippen LogP contribution in [0.1, 0.15) is 50.3 Å². The first kappa shape index (κ1) is 18.1. The van der Waals surface area contributed by atoms with Crippen LogP contribution in [0.3, 0.4) is 0 Å². The van der Waals surface area contributed by atoms with Gasteiger partial charge in [0.05, 0.1) is 25.9 Å². The molecule has 3 nitrogen and oxygen atoms in total. The SMILES string of the molecule is CCCCOCCOCC(NCCC)c1ccc(C)cc1. The molecule has 0 saturated carbocycles. The molecule has 0 aliphatic rings. The van der Waals surface area contributed by atoms with Gasteiger partial charge in [-0.3, -0.25) is 0 Å². The van der Waals surface area contributed by atoms with Gasteiger partial charge in [-0.25, -0.2) is 0 Å². The molecule has 0 amide bonds. The van der Waals surface area contributed by atoms with Crippen molar-refractivity contribution in [2.75, 3.05) is 33.0 Å². The fraction of sp³-hybridized carbons (Fsp3) is 0.667. The molecule has 0 radical (unpaired) electrons. The first-order chi connectivity index (χ1) is 10.3. The Hall–Kier alpha value is -0.900. The van der Waals surface area contributed by atoms with E-state index in [-0.39, 0.29) is 6.04 Å². The maximum atomic E-state index is 5.77. The van der Waals surface area contributed by atoms with Gasteiger partial charge in [-0.1, -0.05) is 50.1 Å². The van der Waals surface area contributed by atoms with E-state index in [1.165, 1.54) is 17.5 Å². The van der Waals surface area contributed by atoms with Crippen LogP contribution in [0.4, 0.5) is 0 Å². The van der Waals surface area contributed by atoms with Crippen LogP contribution in [0.15, 0.2) is 24.3 Å². The predicted octanol–water partition coefficient (Wildman–Crippen LogP) is 3.87. The van der Waals surface area contributed by atoms with Crippen molar-refractivity contribution in [2.24, 2.45) is 0 Å². The van der Waals surface area contributed by atoms with E-state index in [1.54, 1.807) is 0 Å². The maximum absolute atomic E-state index is 5.77. The highest BCUT2D eigenvalue weighted by Crippen LogP contribution is 2.14. The van der Waals surface area contributed by atoms with Crippen LogP contribution in [0.2, 0.25) is 0 Å². The van der Waals surface area contributed by atoms with E-state index in [1.807, 2.05) is 0 Å². The molecule has 0 aromatic heterocycles. The molecule has 1 unspecified atom stereocenters. The second kappa shape index (κ2) is 11.7. The molecular weight excluding hydrogens is 262 g/mol. The number of benzene rings is 1. The highest BCUT2D eigenvalue weighted by Gasteiger charge is 2.10. The molecule has 1 rings (SSSR count). The van der Waals surface area contributed by atoms with Gasteiger partial charge in [0.15, 0.2) is 0 Å². The summed E-state index contributed by atoms with van der Waals surface area (Å²) in [6, 6.07) is 8.95. The number of aryl methyl sites for hydroxylation is 1. The summed E-state index contributed by atoms with van der Waals surface area (Å²) < 4.78 is 11.3. The van der Waals surface area contributed by atoms with E-state index < -0.39 is 0 Å². The summed E-state index contributed by atoms with van der Waals surface area (Å²) in [5.74, 6) is 0. The topological polar surface area (TPSA) is 30.5 Å². The van der Waals surface area contributed by atoms with Crippen LogP contribution in [0, 0.1) is 6.92 Å². The van der Waals surface area contributed by atoms with Crippen molar-refractivity contribution in [2.45, 2.75) is 46.1 Å². The quantitative estimate of drug-likeness (QED) is 0.593. The smallest absolute Gasteiger partial charge is 0.0701 e. The van der Waals surface area contributed by atoms with Crippen LogP contribution in [0.5, 0.6) is 0 Å². The van der Waals surface area contributed by atoms with E-state index >= 15 is 0 Å². The van der Waals surface area contributed by atoms with Crippen molar-refractivity contribution in [3.8, 4) is 0 Å². The lowest BCUT2D eigenvalue weighted by atomic mass is 10.1. The van der Waals surface area contributed by atoms with E-state index in [9.17, 15) is 0 Å². The third-order valence-corrected chi connectivity index (χ3v) is 3.42. The van der Waals surface area contributed by atoms with Crippen LogP contribution in [0.25, 0.3) is 0 Å².